The van der Waals surface area contributed by atoms with Crippen LogP contribution in [-0.4, -0.2) is 26.1 Å². The molecule has 1 heterocycles. The van der Waals surface area contributed by atoms with Gasteiger partial charge in [-0.15, -0.1) is 0 Å². The maximum atomic E-state index is 12.0. The SMILES string of the molecule is COc1cccc(/C=C2\N=C(c3ccccc3)OC2=O)c1OC. The van der Waals surface area contributed by atoms with E-state index in [1.54, 1.807) is 26.4 Å². The number of hydrogen-bond acceptors (Lipinski definition) is 5. The third-order valence-corrected chi connectivity index (χ3v) is 3.37. The number of aliphatic imine (C=N–C) groups is 1. The van der Waals surface area contributed by atoms with Crippen LogP contribution in [0.15, 0.2) is 59.2 Å². The van der Waals surface area contributed by atoms with Crippen molar-refractivity contribution in [3.8, 4) is 11.5 Å². The van der Waals surface area contributed by atoms with E-state index >= 15 is 0 Å². The van der Waals surface area contributed by atoms with Crippen molar-refractivity contribution in [1.82, 2.24) is 0 Å². The molecule has 0 radical (unpaired) electrons. The van der Waals surface area contributed by atoms with Crippen LogP contribution in [0.2, 0.25) is 0 Å². The summed E-state index contributed by atoms with van der Waals surface area (Å²) in [6, 6.07) is 14.7. The second-order valence-corrected chi connectivity index (χ2v) is 4.78. The van der Waals surface area contributed by atoms with Crippen LogP contribution < -0.4 is 9.47 Å². The van der Waals surface area contributed by atoms with Crippen LogP contribution in [0.4, 0.5) is 0 Å². The number of rotatable bonds is 4. The van der Waals surface area contributed by atoms with Crippen molar-refractivity contribution in [2.24, 2.45) is 4.99 Å². The van der Waals surface area contributed by atoms with Gasteiger partial charge in [0.15, 0.2) is 17.2 Å². The molecule has 2 aromatic carbocycles. The zero-order valence-electron chi connectivity index (χ0n) is 12.8. The molecule has 3 rings (SSSR count). The van der Waals surface area contributed by atoms with Gasteiger partial charge in [-0.05, 0) is 24.3 Å². The lowest BCUT2D eigenvalue weighted by molar-refractivity contribution is -0.129. The Labute approximate surface area is 133 Å². The highest BCUT2D eigenvalue weighted by molar-refractivity contribution is 6.12. The third-order valence-electron chi connectivity index (χ3n) is 3.37. The molecule has 116 valence electrons. The Balaban J connectivity index is 2.00. The standard InChI is InChI=1S/C18H15NO4/c1-21-15-10-6-9-13(16(15)22-2)11-14-18(20)23-17(19-14)12-7-4-3-5-8-12/h3-11H,1-2H3/b14-11-. The molecule has 0 amide bonds. The van der Waals surface area contributed by atoms with Crippen LogP contribution in [0.3, 0.4) is 0 Å². The maximum Gasteiger partial charge on any atom is 0.363 e. The quantitative estimate of drug-likeness (QED) is 0.643. The Bertz CT molecular complexity index is 794. The predicted molar refractivity (Wildman–Crippen MR) is 86.6 cm³/mol. The first-order valence-corrected chi connectivity index (χ1v) is 7.02. The smallest absolute Gasteiger partial charge is 0.363 e. The van der Waals surface area contributed by atoms with Gasteiger partial charge in [-0.3, -0.25) is 0 Å². The normalized spacial score (nSPS) is 15.3. The lowest BCUT2D eigenvalue weighted by atomic mass is 10.1. The minimum absolute atomic E-state index is 0.218. The number of nitrogens with zero attached hydrogens (tertiary/aromatic N) is 1. The van der Waals surface area contributed by atoms with Crippen LogP contribution in [-0.2, 0) is 9.53 Å². The van der Waals surface area contributed by atoms with Crippen LogP contribution in [0.5, 0.6) is 11.5 Å². The van der Waals surface area contributed by atoms with E-state index in [1.165, 1.54) is 0 Å². The van der Waals surface area contributed by atoms with Crippen LogP contribution in [0.25, 0.3) is 6.08 Å². The Kier molecular flexibility index (Phi) is 4.10. The van der Waals surface area contributed by atoms with Crippen molar-refractivity contribution in [3.63, 3.8) is 0 Å². The molecular formula is C18H15NO4. The van der Waals surface area contributed by atoms with E-state index in [1.807, 2.05) is 42.5 Å². The van der Waals surface area contributed by atoms with Crippen molar-refractivity contribution in [3.05, 3.63) is 65.4 Å². The van der Waals surface area contributed by atoms with Crippen LogP contribution in [0.1, 0.15) is 11.1 Å². The fourth-order valence-corrected chi connectivity index (χ4v) is 2.29. The highest BCUT2D eigenvalue weighted by Crippen LogP contribution is 2.33. The number of methoxy groups -OCH3 is 2. The molecule has 0 bridgehead atoms. The minimum atomic E-state index is -0.492. The molecule has 0 fully saturated rings. The van der Waals surface area contributed by atoms with Gasteiger partial charge in [0, 0.05) is 11.1 Å². The van der Waals surface area contributed by atoms with Gasteiger partial charge in [-0.25, -0.2) is 9.79 Å². The number of benzene rings is 2. The van der Waals surface area contributed by atoms with Crippen LogP contribution in [0, 0.1) is 0 Å². The van der Waals surface area contributed by atoms with E-state index in [9.17, 15) is 4.79 Å². The van der Waals surface area contributed by atoms with Gasteiger partial charge < -0.3 is 14.2 Å². The predicted octanol–water partition coefficient (Wildman–Crippen LogP) is 3.05. The van der Waals surface area contributed by atoms with Gasteiger partial charge in [0.1, 0.15) is 0 Å². The average Bonchev–Trinajstić information content (AvgIpc) is 2.96. The van der Waals surface area contributed by atoms with E-state index in [-0.39, 0.29) is 5.70 Å². The summed E-state index contributed by atoms with van der Waals surface area (Å²) in [4.78, 5) is 16.3. The number of esters is 1. The molecule has 0 aromatic heterocycles. The first-order chi connectivity index (χ1) is 11.2. The summed E-state index contributed by atoms with van der Waals surface area (Å²) >= 11 is 0. The molecule has 5 heteroatoms. The Hall–Kier alpha value is -3.08. The van der Waals surface area contributed by atoms with E-state index < -0.39 is 5.97 Å². The Morgan fingerprint density at radius 2 is 1.78 bits per heavy atom. The second-order valence-electron chi connectivity index (χ2n) is 4.78. The molecule has 23 heavy (non-hydrogen) atoms. The molecule has 0 saturated heterocycles. The zero-order valence-corrected chi connectivity index (χ0v) is 12.8. The molecule has 0 atom stereocenters. The molecule has 5 nitrogen and oxygen atoms in total. The van der Waals surface area contributed by atoms with Crippen molar-refractivity contribution in [1.29, 1.82) is 0 Å². The fourth-order valence-electron chi connectivity index (χ4n) is 2.29. The number of hydrogen-bond donors (Lipinski definition) is 0. The Morgan fingerprint density at radius 3 is 2.48 bits per heavy atom. The van der Waals surface area contributed by atoms with Gasteiger partial charge in [-0.2, -0.15) is 0 Å². The monoisotopic (exact) mass is 309 g/mol. The lowest BCUT2D eigenvalue weighted by Crippen LogP contribution is -2.05. The molecule has 0 aliphatic carbocycles. The largest absolute Gasteiger partial charge is 0.493 e. The second kappa shape index (κ2) is 6.36. The first kappa shape index (κ1) is 14.8. The molecular weight excluding hydrogens is 294 g/mol. The summed E-state index contributed by atoms with van der Waals surface area (Å²) in [5.74, 6) is 0.927. The van der Waals surface area contributed by atoms with E-state index in [4.69, 9.17) is 14.2 Å². The first-order valence-electron chi connectivity index (χ1n) is 7.02. The van der Waals surface area contributed by atoms with E-state index in [2.05, 4.69) is 4.99 Å². The number of carbonyl (C=O) groups excluding carboxylic acids is 1. The molecule has 2 aromatic rings. The van der Waals surface area contributed by atoms with Crippen molar-refractivity contribution < 1.29 is 19.0 Å². The van der Waals surface area contributed by atoms with E-state index in [0.29, 0.717) is 23.0 Å². The maximum absolute atomic E-state index is 12.0. The number of ether oxygens (including phenoxy) is 3. The molecule has 1 aliphatic rings. The molecule has 0 unspecified atom stereocenters. The van der Waals surface area contributed by atoms with Gasteiger partial charge in [0.25, 0.3) is 0 Å². The highest BCUT2D eigenvalue weighted by Gasteiger charge is 2.24. The summed E-state index contributed by atoms with van der Waals surface area (Å²) < 4.78 is 15.8. The van der Waals surface area contributed by atoms with Crippen molar-refractivity contribution in [2.75, 3.05) is 14.2 Å². The highest BCUT2D eigenvalue weighted by atomic mass is 16.6. The van der Waals surface area contributed by atoms with Gasteiger partial charge in [0.2, 0.25) is 5.90 Å². The van der Waals surface area contributed by atoms with Gasteiger partial charge in [0.05, 0.1) is 14.2 Å². The zero-order chi connectivity index (χ0) is 16.2. The molecule has 0 saturated carbocycles. The summed E-state index contributed by atoms with van der Waals surface area (Å²) in [5.41, 5.74) is 1.66. The fraction of sp³-hybridized carbons (Fsp3) is 0.111. The average molecular weight is 309 g/mol. The summed E-state index contributed by atoms with van der Waals surface area (Å²) in [5, 5.41) is 0. The summed E-state index contributed by atoms with van der Waals surface area (Å²) in [6.45, 7) is 0. The van der Waals surface area contributed by atoms with Crippen molar-refractivity contribution >= 4 is 17.9 Å². The minimum Gasteiger partial charge on any atom is -0.493 e. The molecule has 1 aliphatic heterocycles. The number of carbonyl (C=O) groups is 1. The van der Waals surface area contributed by atoms with E-state index in [0.717, 1.165) is 5.56 Å². The Morgan fingerprint density at radius 1 is 1.00 bits per heavy atom. The van der Waals surface area contributed by atoms with Crippen LogP contribution >= 0.6 is 0 Å². The summed E-state index contributed by atoms with van der Waals surface area (Å²) in [6.07, 6.45) is 1.62. The number of para-hydroxylation sites is 1. The third kappa shape index (κ3) is 2.94. The summed E-state index contributed by atoms with van der Waals surface area (Å²) in [7, 11) is 3.11. The number of cyclic esters (lactones) is 1. The molecule has 0 spiro atoms. The van der Waals surface area contributed by atoms with Gasteiger partial charge >= 0.3 is 5.97 Å². The van der Waals surface area contributed by atoms with Crippen molar-refractivity contribution in [2.45, 2.75) is 0 Å². The molecule has 0 N–H and O–H groups in total. The lowest BCUT2D eigenvalue weighted by Gasteiger charge is -2.09. The topological polar surface area (TPSA) is 57.1 Å². The van der Waals surface area contributed by atoms with Gasteiger partial charge in [-0.1, -0.05) is 30.3 Å².